The van der Waals surface area contributed by atoms with Crippen LogP contribution in [0.25, 0.3) is 0 Å². The highest BCUT2D eigenvalue weighted by Gasteiger charge is 2.28. The molecule has 0 aliphatic heterocycles. The lowest BCUT2D eigenvalue weighted by atomic mass is 10.1. The van der Waals surface area contributed by atoms with E-state index in [9.17, 15) is 14.0 Å². The van der Waals surface area contributed by atoms with Crippen molar-refractivity contribution in [2.24, 2.45) is 0 Å². The maximum Gasteiger partial charge on any atom is 0.242 e. The lowest BCUT2D eigenvalue weighted by molar-refractivity contribution is -0.139. The van der Waals surface area contributed by atoms with Gasteiger partial charge in [-0.3, -0.25) is 9.59 Å². The van der Waals surface area contributed by atoms with Crippen molar-refractivity contribution in [3.05, 3.63) is 70.5 Å². The molecule has 166 valence electrons. The first-order chi connectivity index (χ1) is 14.9. The maximum atomic E-state index is 14.3. The molecule has 1 atom stereocenters. The molecule has 1 N–H and O–H groups in total. The van der Waals surface area contributed by atoms with Gasteiger partial charge in [0.05, 0.1) is 5.75 Å². The Labute approximate surface area is 192 Å². The molecule has 2 aromatic carbocycles. The van der Waals surface area contributed by atoms with Crippen LogP contribution in [-0.2, 0) is 21.9 Å². The summed E-state index contributed by atoms with van der Waals surface area (Å²) in [5, 5.41) is 3.71. The van der Waals surface area contributed by atoms with Crippen molar-refractivity contribution in [1.82, 2.24) is 10.2 Å². The standard InChI is InChI=1S/C24H28ClFN2O2S/c1-17(24(30)27-21-10-3-4-11-21)28(14-19-8-2-5-12-22(19)26)23(29)16-31-15-18-7-6-9-20(25)13-18/h2,5-9,12-13,17,21H,3-4,10-11,14-16H2,1H3,(H,27,30)/t17-/m0/s1. The lowest BCUT2D eigenvalue weighted by Crippen LogP contribution is -2.50. The molecule has 0 saturated heterocycles. The van der Waals surface area contributed by atoms with Gasteiger partial charge in [-0.2, -0.15) is 0 Å². The summed E-state index contributed by atoms with van der Waals surface area (Å²) < 4.78 is 14.3. The zero-order chi connectivity index (χ0) is 22.2. The average molecular weight is 463 g/mol. The number of halogens is 2. The number of hydrogen-bond donors (Lipinski definition) is 1. The minimum absolute atomic E-state index is 0.0580. The molecule has 3 rings (SSSR count). The fraction of sp³-hybridized carbons (Fsp3) is 0.417. The second-order valence-electron chi connectivity index (χ2n) is 7.90. The van der Waals surface area contributed by atoms with Gasteiger partial charge in [0.25, 0.3) is 0 Å². The fourth-order valence-electron chi connectivity index (χ4n) is 3.75. The SMILES string of the molecule is C[C@@H](C(=O)NC1CCCC1)N(Cc1ccccc1F)C(=O)CSCc1cccc(Cl)c1. The lowest BCUT2D eigenvalue weighted by Gasteiger charge is -2.29. The van der Waals surface area contributed by atoms with E-state index >= 15 is 0 Å². The summed E-state index contributed by atoms with van der Waals surface area (Å²) >= 11 is 7.48. The minimum atomic E-state index is -0.681. The van der Waals surface area contributed by atoms with Crippen LogP contribution in [-0.4, -0.2) is 34.6 Å². The number of nitrogens with zero attached hydrogens (tertiary/aromatic N) is 1. The number of nitrogens with one attached hydrogen (secondary N) is 1. The third-order valence-electron chi connectivity index (χ3n) is 5.55. The minimum Gasteiger partial charge on any atom is -0.352 e. The van der Waals surface area contributed by atoms with Gasteiger partial charge in [0, 0.05) is 28.9 Å². The van der Waals surface area contributed by atoms with E-state index in [1.165, 1.54) is 22.7 Å². The summed E-state index contributed by atoms with van der Waals surface area (Å²) in [7, 11) is 0. The third-order valence-corrected chi connectivity index (χ3v) is 6.77. The van der Waals surface area contributed by atoms with Crippen molar-refractivity contribution in [1.29, 1.82) is 0 Å². The van der Waals surface area contributed by atoms with Gasteiger partial charge in [-0.25, -0.2) is 4.39 Å². The zero-order valence-electron chi connectivity index (χ0n) is 17.7. The van der Waals surface area contributed by atoms with Crippen LogP contribution >= 0.6 is 23.4 Å². The van der Waals surface area contributed by atoms with Crippen LogP contribution in [0.15, 0.2) is 48.5 Å². The number of amides is 2. The smallest absolute Gasteiger partial charge is 0.242 e. The molecule has 7 heteroatoms. The van der Waals surface area contributed by atoms with E-state index in [0.29, 0.717) is 16.3 Å². The highest BCUT2D eigenvalue weighted by atomic mass is 35.5. The van der Waals surface area contributed by atoms with Crippen LogP contribution < -0.4 is 5.32 Å². The summed E-state index contributed by atoms with van der Waals surface area (Å²) in [6, 6.07) is 13.4. The van der Waals surface area contributed by atoms with Crippen LogP contribution in [0.2, 0.25) is 5.02 Å². The predicted molar refractivity (Wildman–Crippen MR) is 124 cm³/mol. The van der Waals surface area contributed by atoms with Crippen LogP contribution in [0.1, 0.15) is 43.7 Å². The number of thioether (sulfide) groups is 1. The first-order valence-electron chi connectivity index (χ1n) is 10.6. The van der Waals surface area contributed by atoms with Crippen molar-refractivity contribution >= 4 is 35.2 Å². The molecule has 0 spiro atoms. The summed E-state index contributed by atoms with van der Waals surface area (Å²) in [4.78, 5) is 27.4. The fourth-order valence-corrected chi connectivity index (χ4v) is 4.82. The zero-order valence-corrected chi connectivity index (χ0v) is 19.2. The first kappa shape index (κ1) is 23.6. The molecule has 2 amide bonds. The van der Waals surface area contributed by atoms with Crippen molar-refractivity contribution in [2.45, 2.75) is 57.0 Å². The second-order valence-corrected chi connectivity index (χ2v) is 9.32. The highest BCUT2D eigenvalue weighted by molar-refractivity contribution is 7.99. The van der Waals surface area contributed by atoms with E-state index in [0.717, 1.165) is 31.2 Å². The monoisotopic (exact) mass is 462 g/mol. The van der Waals surface area contributed by atoms with Crippen LogP contribution in [0.4, 0.5) is 4.39 Å². The van der Waals surface area contributed by atoms with Crippen molar-refractivity contribution < 1.29 is 14.0 Å². The molecule has 31 heavy (non-hydrogen) atoms. The normalized spacial score (nSPS) is 14.9. The average Bonchev–Trinajstić information content (AvgIpc) is 3.25. The van der Waals surface area contributed by atoms with Crippen molar-refractivity contribution in [2.75, 3.05) is 5.75 Å². The van der Waals surface area contributed by atoms with E-state index in [4.69, 9.17) is 11.6 Å². The molecule has 1 saturated carbocycles. The van der Waals surface area contributed by atoms with Crippen molar-refractivity contribution in [3.8, 4) is 0 Å². The summed E-state index contributed by atoms with van der Waals surface area (Å²) in [6.07, 6.45) is 4.15. The molecule has 0 aromatic heterocycles. The summed E-state index contributed by atoms with van der Waals surface area (Å²) in [6.45, 7) is 1.77. The second kappa shape index (κ2) is 11.5. The number of carbonyl (C=O) groups excluding carboxylic acids is 2. The molecule has 4 nitrogen and oxygen atoms in total. The van der Waals surface area contributed by atoms with E-state index in [1.807, 2.05) is 24.3 Å². The topological polar surface area (TPSA) is 49.4 Å². The molecule has 1 aliphatic rings. The molecular weight excluding hydrogens is 435 g/mol. The number of carbonyl (C=O) groups is 2. The third kappa shape index (κ3) is 6.97. The Morgan fingerprint density at radius 3 is 2.65 bits per heavy atom. The molecule has 2 aromatic rings. The summed E-state index contributed by atoms with van der Waals surface area (Å²) in [5.74, 6) is 0.0703. The van der Waals surface area contributed by atoms with E-state index < -0.39 is 6.04 Å². The Bertz CT molecular complexity index is 905. The quantitative estimate of drug-likeness (QED) is 0.558. The van der Waals surface area contributed by atoms with Gasteiger partial charge in [-0.05, 0) is 43.5 Å². The molecule has 0 radical (unpaired) electrons. The molecule has 0 unspecified atom stereocenters. The van der Waals surface area contributed by atoms with Gasteiger partial charge < -0.3 is 10.2 Å². The number of benzene rings is 2. The number of hydrogen-bond acceptors (Lipinski definition) is 3. The Morgan fingerprint density at radius 1 is 1.19 bits per heavy atom. The van der Waals surface area contributed by atoms with E-state index in [2.05, 4.69) is 5.32 Å². The Morgan fingerprint density at radius 2 is 1.94 bits per heavy atom. The van der Waals surface area contributed by atoms with Gasteiger partial charge in [0.2, 0.25) is 11.8 Å². The van der Waals surface area contributed by atoms with Gasteiger partial charge >= 0.3 is 0 Å². The Kier molecular flexibility index (Phi) is 8.79. The van der Waals surface area contributed by atoms with Crippen LogP contribution in [0, 0.1) is 5.82 Å². The van der Waals surface area contributed by atoms with Crippen molar-refractivity contribution in [3.63, 3.8) is 0 Å². The van der Waals surface area contributed by atoms with Gasteiger partial charge in [0.1, 0.15) is 11.9 Å². The molecule has 0 bridgehead atoms. The first-order valence-corrected chi connectivity index (χ1v) is 12.1. The Hall–Kier alpha value is -2.05. The largest absolute Gasteiger partial charge is 0.352 e. The van der Waals surface area contributed by atoms with Crippen LogP contribution in [0.5, 0.6) is 0 Å². The highest BCUT2D eigenvalue weighted by Crippen LogP contribution is 2.21. The van der Waals surface area contributed by atoms with Gasteiger partial charge in [-0.1, -0.05) is 54.8 Å². The summed E-state index contributed by atoms with van der Waals surface area (Å²) in [5.41, 5.74) is 1.43. The molecule has 1 fully saturated rings. The Balaban J connectivity index is 1.66. The van der Waals surface area contributed by atoms with E-state index in [-0.39, 0.29) is 36.0 Å². The van der Waals surface area contributed by atoms with Crippen LogP contribution in [0.3, 0.4) is 0 Å². The molecular formula is C24H28ClFN2O2S. The predicted octanol–water partition coefficient (Wildman–Crippen LogP) is 5.19. The van der Waals surface area contributed by atoms with Gasteiger partial charge in [-0.15, -0.1) is 11.8 Å². The number of rotatable bonds is 9. The van der Waals surface area contributed by atoms with E-state index in [1.54, 1.807) is 25.1 Å². The maximum absolute atomic E-state index is 14.3. The van der Waals surface area contributed by atoms with Gasteiger partial charge in [0.15, 0.2) is 0 Å². The molecule has 1 aliphatic carbocycles. The molecule has 0 heterocycles.